The molecule has 0 radical (unpaired) electrons. The predicted molar refractivity (Wildman–Crippen MR) is 80.8 cm³/mol. The standard InChI is InChI=1S/C12H11BrN4OS/c1-17(2-3-18)11-10-9(15-6-16-11)8-4-7(13)5-14-12(8)19-10/h4-6,18H,2-3H2,1H3. The van der Waals surface area contributed by atoms with Gasteiger partial charge < -0.3 is 10.0 Å². The van der Waals surface area contributed by atoms with Crippen molar-refractivity contribution in [1.82, 2.24) is 15.0 Å². The lowest BCUT2D eigenvalue weighted by Gasteiger charge is -2.16. The third-order valence-corrected chi connectivity index (χ3v) is 4.39. The molecule has 0 aliphatic heterocycles. The van der Waals surface area contributed by atoms with E-state index in [9.17, 15) is 0 Å². The maximum atomic E-state index is 9.05. The molecule has 3 aromatic rings. The van der Waals surface area contributed by atoms with E-state index in [-0.39, 0.29) is 6.61 Å². The largest absolute Gasteiger partial charge is 0.395 e. The maximum absolute atomic E-state index is 9.05. The van der Waals surface area contributed by atoms with Crippen molar-refractivity contribution in [1.29, 1.82) is 0 Å². The number of aromatic nitrogens is 3. The van der Waals surface area contributed by atoms with Gasteiger partial charge in [0.05, 0.1) is 16.8 Å². The number of aliphatic hydroxyl groups is 1. The van der Waals surface area contributed by atoms with Gasteiger partial charge in [0, 0.05) is 29.6 Å². The fraction of sp³-hybridized carbons (Fsp3) is 0.250. The van der Waals surface area contributed by atoms with E-state index in [1.54, 1.807) is 23.9 Å². The summed E-state index contributed by atoms with van der Waals surface area (Å²) in [5, 5.41) is 10.1. The molecule has 0 saturated carbocycles. The molecule has 7 heteroatoms. The van der Waals surface area contributed by atoms with Gasteiger partial charge in [0.25, 0.3) is 0 Å². The van der Waals surface area contributed by atoms with Crippen LogP contribution in [-0.4, -0.2) is 40.3 Å². The lowest BCUT2D eigenvalue weighted by atomic mass is 10.3. The summed E-state index contributed by atoms with van der Waals surface area (Å²) < 4.78 is 1.93. The molecule has 19 heavy (non-hydrogen) atoms. The Morgan fingerprint density at radius 2 is 2.21 bits per heavy atom. The van der Waals surface area contributed by atoms with Gasteiger partial charge in [-0.1, -0.05) is 0 Å². The van der Waals surface area contributed by atoms with E-state index < -0.39 is 0 Å². The molecule has 0 spiro atoms. The first-order valence-electron chi connectivity index (χ1n) is 5.71. The Morgan fingerprint density at radius 3 is 3.00 bits per heavy atom. The van der Waals surface area contributed by atoms with Crippen LogP contribution in [0.1, 0.15) is 0 Å². The van der Waals surface area contributed by atoms with Crippen LogP contribution in [0.25, 0.3) is 20.4 Å². The summed E-state index contributed by atoms with van der Waals surface area (Å²) in [6.45, 7) is 0.633. The van der Waals surface area contributed by atoms with E-state index in [1.165, 1.54) is 0 Å². The maximum Gasteiger partial charge on any atom is 0.149 e. The normalized spacial score (nSPS) is 11.3. The number of halogens is 1. The Balaban J connectivity index is 2.28. The molecule has 0 saturated heterocycles. The third kappa shape index (κ3) is 2.18. The monoisotopic (exact) mass is 338 g/mol. The van der Waals surface area contributed by atoms with Crippen LogP contribution >= 0.6 is 27.3 Å². The van der Waals surface area contributed by atoms with Crippen molar-refractivity contribution in [3.63, 3.8) is 0 Å². The van der Waals surface area contributed by atoms with E-state index >= 15 is 0 Å². The van der Waals surface area contributed by atoms with Gasteiger partial charge in [0.1, 0.15) is 17.0 Å². The molecule has 98 valence electrons. The molecule has 0 aromatic carbocycles. The molecule has 0 aliphatic carbocycles. The molecular formula is C12H11BrN4OS. The molecule has 0 unspecified atom stereocenters. The summed E-state index contributed by atoms with van der Waals surface area (Å²) >= 11 is 5.00. The minimum Gasteiger partial charge on any atom is -0.395 e. The molecule has 1 N–H and O–H groups in total. The Labute approximate surface area is 122 Å². The Bertz CT molecular complexity index is 745. The van der Waals surface area contributed by atoms with Gasteiger partial charge in [-0.15, -0.1) is 11.3 Å². The number of fused-ring (bicyclic) bond motifs is 3. The van der Waals surface area contributed by atoms with Crippen molar-refractivity contribution < 1.29 is 5.11 Å². The quantitative estimate of drug-likeness (QED) is 0.794. The van der Waals surface area contributed by atoms with Gasteiger partial charge in [-0.25, -0.2) is 15.0 Å². The minimum atomic E-state index is 0.0939. The molecule has 0 amide bonds. The zero-order chi connectivity index (χ0) is 13.4. The van der Waals surface area contributed by atoms with E-state index in [0.29, 0.717) is 6.54 Å². The molecule has 3 heterocycles. The van der Waals surface area contributed by atoms with E-state index in [2.05, 4.69) is 30.9 Å². The number of rotatable bonds is 3. The molecule has 0 atom stereocenters. The lowest BCUT2D eigenvalue weighted by molar-refractivity contribution is 0.304. The van der Waals surface area contributed by atoms with Crippen molar-refractivity contribution in [2.24, 2.45) is 0 Å². The number of anilines is 1. The fourth-order valence-corrected chi connectivity index (χ4v) is 3.41. The Kier molecular flexibility index (Phi) is 3.34. The van der Waals surface area contributed by atoms with Crippen molar-refractivity contribution in [2.45, 2.75) is 0 Å². The summed E-state index contributed by atoms with van der Waals surface area (Å²) in [5.74, 6) is 0.832. The van der Waals surface area contributed by atoms with Gasteiger partial charge in [-0.3, -0.25) is 0 Å². The second kappa shape index (κ2) is 4.99. The van der Waals surface area contributed by atoms with Crippen LogP contribution in [0.3, 0.4) is 0 Å². The highest BCUT2D eigenvalue weighted by Crippen LogP contribution is 2.36. The molecule has 3 rings (SSSR count). The van der Waals surface area contributed by atoms with Gasteiger partial charge in [-0.05, 0) is 22.0 Å². The van der Waals surface area contributed by atoms with Gasteiger partial charge in [-0.2, -0.15) is 0 Å². The van der Waals surface area contributed by atoms with Gasteiger partial charge >= 0.3 is 0 Å². The molecule has 0 bridgehead atoms. The van der Waals surface area contributed by atoms with Crippen molar-refractivity contribution in [3.05, 3.63) is 23.1 Å². The fourth-order valence-electron chi connectivity index (χ4n) is 1.95. The topological polar surface area (TPSA) is 62.1 Å². The van der Waals surface area contributed by atoms with Crippen molar-refractivity contribution in [3.8, 4) is 0 Å². The number of hydrogen-bond donors (Lipinski definition) is 1. The zero-order valence-corrected chi connectivity index (χ0v) is 12.6. The van der Waals surface area contributed by atoms with Crippen LogP contribution in [0.2, 0.25) is 0 Å². The zero-order valence-electron chi connectivity index (χ0n) is 10.2. The van der Waals surface area contributed by atoms with Crippen LogP contribution < -0.4 is 4.90 Å². The lowest BCUT2D eigenvalue weighted by Crippen LogP contribution is -2.22. The first-order valence-corrected chi connectivity index (χ1v) is 7.32. The molecule has 0 fully saturated rings. The summed E-state index contributed by atoms with van der Waals surface area (Å²) in [5.41, 5.74) is 0.906. The highest BCUT2D eigenvalue weighted by atomic mass is 79.9. The van der Waals surface area contributed by atoms with Crippen LogP contribution in [0, 0.1) is 0 Å². The molecule has 5 nitrogen and oxygen atoms in total. The number of thiophene rings is 1. The molecule has 3 aromatic heterocycles. The summed E-state index contributed by atoms with van der Waals surface area (Å²) in [6, 6.07) is 2.02. The van der Waals surface area contributed by atoms with Crippen LogP contribution in [0.5, 0.6) is 0 Å². The van der Waals surface area contributed by atoms with Crippen LogP contribution in [-0.2, 0) is 0 Å². The average molecular weight is 339 g/mol. The average Bonchev–Trinajstić information content (AvgIpc) is 2.77. The predicted octanol–water partition coefficient (Wildman–Crippen LogP) is 2.43. The molecule has 0 aliphatic rings. The third-order valence-electron chi connectivity index (χ3n) is 2.85. The highest BCUT2D eigenvalue weighted by molar-refractivity contribution is 9.10. The highest BCUT2D eigenvalue weighted by Gasteiger charge is 2.14. The van der Waals surface area contributed by atoms with E-state index in [4.69, 9.17) is 5.11 Å². The summed E-state index contributed by atoms with van der Waals surface area (Å²) in [7, 11) is 1.91. The number of pyridine rings is 1. The van der Waals surface area contributed by atoms with Crippen LogP contribution in [0.15, 0.2) is 23.1 Å². The van der Waals surface area contributed by atoms with Gasteiger partial charge in [0.2, 0.25) is 0 Å². The summed E-state index contributed by atoms with van der Waals surface area (Å²) in [6.07, 6.45) is 3.33. The van der Waals surface area contributed by atoms with Crippen LogP contribution in [0.4, 0.5) is 5.82 Å². The number of hydrogen-bond acceptors (Lipinski definition) is 6. The Hall–Kier alpha value is -1.31. The smallest absolute Gasteiger partial charge is 0.149 e. The van der Waals surface area contributed by atoms with E-state index in [0.717, 1.165) is 30.7 Å². The number of nitrogens with zero attached hydrogens (tertiary/aromatic N) is 4. The van der Waals surface area contributed by atoms with Crippen molar-refractivity contribution in [2.75, 3.05) is 25.1 Å². The summed E-state index contributed by atoms with van der Waals surface area (Å²) in [4.78, 5) is 15.9. The first-order chi connectivity index (χ1) is 9.20. The molecular weight excluding hydrogens is 328 g/mol. The SMILES string of the molecule is CN(CCO)c1ncnc2c1sc1ncc(Br)cc12. The first kappa shape index (κ1) is 12.7. The second-order valence-electron chi connectivity index (χ2n) is 4.13. The van der Waals surface area contributed by atoms with Gasteiger partial charge in [0.15, 0.2) is 0 Å². The van der Waals surface area contributed by atoms with Crippen molar-refractivity contribution >= 4 is 53.5 Å². The second-order valence-corrected chi connectivity index (χ2v) is 6.04. The Morgan fingerprint density at radius 1 is 1.37 bits per heavy atom. The number of aliphatic hydroxyl groups excluding tert-OH is 1. The minimum absolute atomic E-state index is 0.0939. The number of likely N-dealkylation sites (N-methyl/N-ethyl adjacent to an activating group) is 1. The van der Waals surface area contributed by atoms with E-state index in [1.807, 2.05) is 18.0 Å².